The van der Waals surface area contributed by atoms with Gasteiger partial charge >= 0.3 is 0 Å². The monoisotopic (exact) mass is 335 g/mol. The van der Waals surface area contributed by atoms with E-state index in [4.69, 9.17) is 9.47 Å². The second-order valence-electron chi connectivity index (χ2n) is 4.91. The quantitative estimate of drug-likeness (QED) is 0.838. The number of ether oxygens (including phenoxy) is 2. The summed E-state index contributed by atoms with van der Waals surface area (Å²) in [6.45, 7) is 0.647. The zero-order valence-corrected chi connectivity index (χ0v) is 14.1. The summed E-state index contributed by atoms with van der Waals surface area (Å²) in [5, 5.41) is 2.03. The number of rotatable bonds is 5. The Morgan fingerprint density at radius 1 is 1.23 bits per heavy atom. The molecule has 1 aliphatic heterocycles. The molecule has 0 saturated carbocycles. The van der Waals surface area contributed by atoms with Crippen molar-refractivity contribution < 1.29 is 14.3 Å². The molecule has 0 radical (unpaired) electrons. The highest BCUT2D eigenvalue weighted by Gasteiger charge is 2.33. The minimum atomic E-state index is -0.00130. The Hall–Kier alpha value is -1.66. The second-order valence-corrected chi connectivity index (χ2v) is 7.01. The van der Waals surface area contributed by atoms with E-state index in [0.717, 1.165) is 17.1 Å². The van der Waals surface area contributed by atoms with Crippen LogP contribution in [0.4, 0.5) is 0 Å². The van der Waals surface area contributed by atoms with E-state index in [1.165, 1.54) is 4.88 Å². The summed E-state index contributed by atoms with van der Waals surface area (Å²) >= 11 is 3.31. The summed E-state index contributed by atoms with van der Waals surface area (Å²) in [6.07, 6.45) is 0. The molecule has 2 aromatic rings. The maximum atomic E-state index is 12.2. The number of methoxy groups -OCH3 is 2. The minimum absolute atomic E-state index is 0.00130. The molecule has 22 heavy (non-hydrogen) atoms. The largest absolute Gasteiger partial charge is 0.497 e. The third kappa shape index (κ3) is 3.08. The first-order valence-corrected chi connectivity index (χ1v) is 8.80. The molecule has 1 amide bonds. The number of carbonyl (C=O) groups excluding carboxylic acids is 1. The molecule has 1 aliphatic rings. The molecule has 1 aromatic heterocycles. The van der Waals surface area contributed by atoms with Crippen LogP contribution in [0.1, 0.15) is 15.8 Å². The number of hydrogen-bond acceptors (Lipinski definition) is 5. The average Bonchev–Trinajstić information content (AvgIpc) is 3.18. The molecule has 0 spiro atoms. The number of thiophene rings is 1. The summed E-state index contributed by atoms with van der Waals surface area (Å²) in [4.78, 5) is 15.4. The highest BCUT2D eigenvalue weighted by atomic mass is 32.2. The molecule has 0 N–H and O–H groups in total. The lowest BCUT2D eigenvalue weighted by Crippen LogP contribution is -2.27. The van der Waals surface area contributed by atoms with E-state index in [-0.39, 0.29) is 11.3 Å². The number of hydrogen-bond donors (Lipinski definition) is 0. The maximum absolute atomic E-state index is 12.2. The van der Waals surface area contributed by atoms with E-state index in [1.807, 2.05) is 34.5 Å². The Balaban J connectivity index is 1.90. The van der Waals surface area contributed by atoms with Crippen LogP contribution in [0, 0.1) is 0 Å². The lowest BCUT2D eigenvalue weighted by atomic mass is 10.1. The number of nitrogens with zero attached hydrogens (tertiary/aromatic N) is 1. The first kappa shape index (κ1) is 15.2. The zero-order valence-electron chi connectivity index (χ0n) is 12.4. The summed E-state index contributed by atoms with van der Waals surface area (Å²) in [7, 11) is 3.27. The van der Waals surface area contributed by atoms with Gasteiger partial charge in [-0.1, -0.05) is 6.07 Å². The molecule has 1 unspecified atom stereocenters. The molecule has 1 aromatic carbocycles. The summed E-state index contributed by atoms with van der Waals surface area (Å²) in [5.74, 6) is 2.16. The Kier molecular flexibility index (Phi) is 4.59. The van der Waals surface area contributed by atoms with Gasteiger partial charge in [-0.3, -0.25) is 4.79 Å². The van der Waals surface area contributed by atoms with Crippen molar-refractivity contribution in [2.45, 2.75) is 11.9 Å². The molecule has 1 atom stereocenters. The number of amides is 1. The molecule has 0 aliphatic carbocycles. The van der Waals surface area contributed by atoms with Crippen LogP contribution in [-0.2, 0) is 11.3 Å². The van der Waals surface area contributed by atoms with Crippen molar-refractivity contribution >= 4 is 29.0 Å². The minimum Gasteiger partial charge on any atom is -0.497 e. The Labute approximate surface area is 138 Å². The van der Waals surface area contributed by atoms with Crippen LogP contribution in [0.15, 0.2) is 35.7 Å². The first-order chi connectivity index (χ1) is 10.7. The SMILES string of the molecule is COc1cc(OC)cc(C2SCC(=O)N2Cc2cccs2)c1. The van der Waals surface area contributed by atoms with Crippen LogP contribution in [0.3, 0.4) is 0 Å². The summed E-state index contributed by atoms with van der Waals surface area (Å²) in [5.41, 5.74) is 1.03. The molecule has 0 bridgehead atoms. The van der Waals surface area contributed by atoms with Gasteiger partial charge in [0.05, 0.1) is 26.5 Å². The van der Waals surface area contributed by atoms with Crippen molar-refractivity contribution in [2.75, 3.05) is 20.0 Å². The van der Waals surface area contributed by atoms with E-state index in [1.54, 1.807) is 37.3 Å². The van der Waals surface area contributed by atoms with Crippen LogP contribution in [0.2, 0.25) is 0 Å². The molecule has 1 saturated heterocycles. The Morgan fingerprint density at radius 3 is 2.55 bits per heavy atom. The van der Waals surface area contributed by atoms with Crippen molar-refractivity contribution in [1.29, 1.82) is 0 Å². The van der Waals surface area contributed by atoms with E-state index in [0.29, 0.717) is 12.3 Å². The standard InChI is InChI=1S/C16H17NO3S2/c1-19-12-6-11(7-13(8-12)20-2)16-17(15(18)10-22-16)9-14-4-3-5-21-14/h3-8,16H,9-10H2,1-2H3. The van der Waals surface area contributed by atoms with Crippen molar-refractivity contribution in [3.05, 3.63) is 46.2 Å². The van der Waals surface area contributed by atoms with Crippen LogP contribution in [0.25, 0.3) is 0 Å². The maximum Gasteiger partial charge on any atom is 0.234 e. The number of carbonyl (C=O) groups is 1. The van der Waals surface area contributed by atoms with Crippen molar-refractivity contribution in [2.24, 2.45) is 0 Å². The van der Waals surface area contributed by atoms with Crippen molar-refractivity contribution in [3.8, 4) is 11.5 Å². The van der Waals surface area contributed by atoms with Gasteiger partial charge in [0.2, 0.25) is 5.91 Å². The summed E-state index contributed by atoms with van der Waals surface area (Å²) < 4.78 is 10.7. The van der Waals surface area contributed by atoms with Crippen LogP contribution >= 0.6 is 23.1 Å². The number of thioether (sulfide) groups is 1. The van der Waals surface area contributed by atoms with Crippen molar-refractivity contribution in [1.82, 2.24) is 4.90 Å². The van der Waals surface area contributed by atoms with Crippen LogP contribution in [-0.4, -0.2) is 30.8 Å². The van der Waals surface area contributed by atoms with Gasteiger partial charge in [-0.05, 0) is 29.1 Å². The molecule has 116 valence electrons. The van der Waals surface area contributed by atoms with Gasteiger partial charge in [-0.2, -0.15) is 0 Å². The highest BCUT2D eigenvalue weighted by molar-refractivity contribution is 8.00. The third-order valence-corrected chi connectivity index (χ3v) is 5.65. The first-order valence-electron chi connectivity index (χ1n) is 6.87. The van der Waals surface area contributed by atoms with E-state index in [9.17, 15) is 4.79 Å². The molecule has 6 heteroatoms. The van der Waals surface area contributed by atoms with Gasteiger partial charge < -0.3 is 14.4 Å². The van der Waals surface area contributed by atoms with Gasteiger partial charge in [0, 0.05) is 10.9 Å². The van der Waals surface area contributed by atoms with Crippen LogP contribution in [0.5, 0.6) is 11.5 Å². The predicted octanol–water partition coefficient (Wildman–Crippen LogP) is 3.54. The lowest BCUT2D eigenvalue weighted by Gasteiger charge is -2.24. The van der Waals surface area contributed by atoms with E-state index in [2.05, 4.69) is 6.07 Å². The Bertz CT molecular complexity index is 635. The fraction of sp³-hybridized carbons (Fsp3) is 0.312. The molecule has 3 rings (SSSR count). The topological polar surface area (TPSA) is 38.8 Å². The lowest BCUT2D eigenvalue weighted by molar-refractivity contribution is -0.128. The Morgan fingerprint density at radius 2 is 1.95 bits per heavy atom. The predicted molar refractivity (Wildman–Crippen MR) is 89.6 cm³/mol. The normalized spacial score (nSPS) is 17.8. The highest BCUT2D eigenvalue weighted by Crippen LogP contribution is 2.42. The van der Waals surface area contributed by atoms with Gasteiger partial charge in [0.15, 0.2) is 0 Å². The molecular weight excluding hydrogens is 318 g/mol. The third-order valence-electron chi connectivity index (χ3n) is 3.53. The zero-order chi connectivity index (χ0) is 15.5. The van der Waals surface area contributed by atoms with Gasteiger partial charge in [0.1, 0.15) is 16.9 Å². The van der Waals surface area contributed by atoms with Gasteiger partial charge in [0.25, 0.3) is 0 Å². The molecule has 4 nitrogen and oxygen atoms in total. The smallest absolute Gasteiger partial charge is 0.234 e. The fourth-order valence-electron chi connectivity index (χ4n) is 2.44. The number of benzene rings is 1. The second kappa shape index (κ2) is 6.62. The van der Waals surface area contributed by atoms with E-state index >= 15 is 0 Å². The average molecular weight is 335 g/mol. The molecular formula is C16H17NO3S2. The van der Waals surface area contributed by atoms with E-state index < -0.39 is 0 Å². The fourth-order valence-corrected chi connectivity index (χ4v) is 4.31. The van der Waals surface area contributed by atoms with Gasteiger partial charge in [-0.15, -0.1) is 23.1 Å². The van der Waals surface area contributed by atoms with Crippen LogP contribution < -0.4 is 9.47 Å². The summed E-state index contributed by atoms with van der Waals surface area (Å²) in [6, 6.07) is 9.86. The van der Waals surface area contributed by atoms with Gasteiger partial charge in [-0.25, -0.2) is 0 Å². The molecule has 2 heterocycles. The molecule has 1 fully saturated rings. The van der Waals surface area contributed by atoms with Crippen molar-refractivity contribution in [3.63, 3.8) is 0 Å².